The number of unbranched alkanes of at least 4 members (excludes halogenated alkanes) is 9. The van der Waals surface area contributed by atoms with Gasteiger partial charge in [-0.05, 0) is 12.2 Å². The van der Waals surface area contributed by atoms with Crippen LogP contribution in [0.25, 0.3) is 0 Å². The second-order valence-electron chi connectivity index (χ2n) is 4.75. The third-order valence-corrected chi connectivity index (χ3v) is 5.43. The average Bonchev–Trinajstić information content (AvgIpc) is 2.32. The second kappa shape index (κ2) is 14.6. The van der Waals surface area contributed by atoms with Gasteiger partial charge in [0.1, 0.15) is 0 Å². The summed E-state index contributed by atoms with van der Waals surface area (Å²) in [5.41, 5.74) is 0. The zero-order valence-corrected chi connectivity index (χ0v) is 13.1. The molecule has 0 fully saturated rings. The van der Waals surface area contributed by atoms with Gasteiger partial charge in [0.2, 0.25) is 0 Å². The van der Waals surface area contributed by atoms with Crippen LogP contribution in [0.3, 0.4) is 0 Å². The van der Waals surface area contributed by atoms with Gasteiger partial charge in [0, 0.05) is 5.75 Å². The first kappa shape index (κ1) is 17.5. The molecule has 0 aromatic heterocycles. The molecule has 3 heteroatoms. The smallest absolute Gasteiger partial charge is 0.0524 e. The van der Waals surface area contributed by atoms with Crippen molar-refractivity contribution in [3.05, 3.63) is 0 Å². The summed E-state index contributed by atoms with van der Waals surface area (Å²) in [7, 11) is 0.0507. The summed E-state index contributed by atoms with van der Waals surface area (Å²) >= 11 is 5.26. The summed E-state index contributed by atoms with van der Waals surface area (Å²) in [6.07, 6.45) is 13.8. The lowest BCUT2D eigenvalue weighted by Crippen LogP contribution is -2.04. The lowest BCUT2D eigenvalue weighted by molar-refractivity contribution is 0.322. The molecule has 0 amide bonds. The average molecular weight is 279 g/mol. The van der Waals surface area contributed by atoms with Crippen molar-refractivity contribution in [3.63, 3.8) is 0 Å². The number of aliphatic hydroxyl groups excluding tert-OH is 1. The van der Waals surface area contributed by atoms with Gasteiger partial charge in [0.05, 0.1) is 6.61 Å². The van der Waals surface area contributed by atoms with Crippen molar-refractivity contribution in [1.29, 1.82) is 0 Å². The molecule has 0 heterocycles. The minimum absolute atomic E-state index is 0.0507. The molecule has 0 aromatic carbocycles. The van der Waals surface area contributed by atoms with Crippen LogP contribution in [-0.4, -0.2) is 23.2 Å². The van der Waals surface area contributed by atoms with Gasteiger partial charge in [-0.15, -0.1) is 9.45 Å². The van der Waals surface area contributed by atoms with Crippen molar-refractivity contribution in [3.8, 4) is 0 Å². The van der Waals surface area contributed by atoms with E-state index in [9.17, 15) is 0 Å². The first-order valence-electron chi connectivity index (χ1n) is 7.27. The van der Waals surface area contributed by atoms with Crippen molar-refractivity contribution in [2.45, 2.75) is 71.1 Å². The van der Waals surface area contributed by atoms with Crippen LogP contribution in [0.4, 0.5) is 0 Å². The maximum Gasteiger partial charge on any atom is 0.0524 e. The molecule has 1 unspecified atom stereocenters. The van der Waals surface area contributed by atoms with E-state index in [1.807, 2.05) is 0 Å². The quantitative estimate of drug-likeness (QED) is 0.514. The predicted molar refractivity (Wildman–Crippen MR) is 83.4 cm³/mol. The van der Waals surface area contributed by atoms with Crippen LogP contribution in [0.5, 0.6) is 0 Å². The van der Waals surface area contributed by atoms with Gasteiger partial charge in [-0.2, -0.15) is 0 Å². The van der Waals surface area contributed by atoms with E-state index in [4.69, 9.17) is 16.3 Å². The molecular weight excluding hydrogens is 248 g/mol. The van der Waals surface area contributed by atoms with E-state index in [0.29, 0.717) is 0 Å². The summed E-state index contributed by atoms with van der Waals surface area (Å²) < 4.78 is 0. The minimum atomic E-state index is 0.0507. The molecule has 0 aliphatic rings. The zero-order valence-electron chi connectivity index (χ0n) is 11.5. The molecule has 1 nitrogen and oxygen atoms in total. The number of rotatable bonds is 13. The monoisotopic (exact) mass is 278 g/mol. The summed E-state index contributed by atoms with van der Waals surface area (Å²) in [5, 5.41) is 8.74. The third kappa shape index (κ3) is 14.5. The fraction of sp³-hybridized carbons (Fsp3) is 1.00. The van der Waals surface area contributed by atoms with Crippen LogP contribution < -0.4 is 0 Å². The van der Waals surface area contributed by atoms with Gasteiger partial charge in [-0.1, -0.05) is 75.9 Å². The molecule has 0 aromatic rings. The Morgan fingerprint density at radius 2 is 1.24 bits per heavy atom. The normalized spacial score (nSPS) is 12.8. The molecular formula is C14H30OS2. The highest BCUT2D eigenvalue weighted by atomic mass is 32.8. The summed E-state index contributed by atoms with van der Waals surface area (Å²) in [6.45, 7) is 2.54. The van der Waals surface area contributed by atoms with Gasteiger partial charge < -0.3 is 5.11 Å². The molecule has 1 atom stereocenters. The Balaban J connectivity index is 3.01. The minimum Gasteiger partial charge on any atom is -0.396 e. The topological polar surface area (TPSA) is 20.2 Å². The third-order valence-electron chi connectivity index (χ3n) is 3.04. The van der Waals surface area contributed by atoms with E-state index in [2.05, 4.69) is 6.92 Å². The Bertz CT molecular complexity index is 172. The highest BCUT2D eigenvalue weighted by Gasteiger charge is 1.95. The first-order valence-corrected chi connectivity index (χ1v) is 9.76. The fourth-order valence-corrected chi connectivity index (χ4v) is 3.47. The van der Waals surface area contributed by atoms with Gasteiger partial charge >= 0.3 is 0 Å². The Morgan fingerprint density at radius 1 is 0.765 bits per heavy atom. The van der Waals surface area contributed by atoms with Crippen molar-refractivity contribution in [1.82, 2.24) is 0 Å². The number of hydrogen-bond acceptors (Lipinski definition) is 2. The maximum atomic E-state index is 8.74. The van der Waals surface area contributed by atoms with E-state index >= 15 is 0 Å². The van der Waals surface area contributed by atoms with Gasteiger partial charge in [0.15, 0.2) is 0 Å². The molecule has 0 saturated carbocycles. The largest absolute Gasteiger partial charge is 0.396 e. The van der Waals surface area contributed by atoms with Gasteiger partial charge in [-0.25, -0.2) is 0 Å². The molecule has 0 spiro atoms. The van der Waals surface area contributed by atoms with Gasteiger partial charge in [0.25, 0.3) is 0 Å². The molecule has 0 radical (unpaired) electrons. The Labute approximate surface area is 115 Å². The summed E-state index contributed by atoms with van der Waals surface area (Å²) in [4.78, 5) is 0. The molecule has 1 N–H and O–H groups in total. The van der Waals surface area contributed by atoms with Crippen LogP contribution in [-0.2, 0) is 20.6 Å². The summed E-state index contributed by atoms with van der Waals surface area (Å²) in [6, 6.07) is 0. The van der Waals surface area contributed by atoms with Crippen LogP contribution in [0.2, 0.25) is 0 Å². The summed E-state index contributed by atoms with van der Waals surface area (Å²) in [5.74, 6) is 1.97. The van der Waals surface area contributed by atoms with Crippen molar-refractivity contribution in [2.24, 2.45) is 0 Å². The van der Waals surface area contributed by atoms with Crippen LogP contribution in [0.1, 0.15) is 71.1 Å². The number of hydrogen-bond donors (Lipinski definition) is 1. The van der Waals surface area contributed by atoms with Crippen molar-refractivity contribution in [2.75, 3.05) is 18.1 Å². The van der Waals surface area contributed by atoms with Crippen molar-refractivity contribution >= 4 is 20.6 Å². The van der Waals surface area contributed by atoms with E-state index < -0.39 is 0 Å². The zero-order chi connectivity index (χ0) is 12.8. The van der Waals surface area contributed by atoms with Crippen LogP contribution >= 0.6 is 0 Å². The highest BCUT2D eigenvalue weighted by molar-refractivity contribution is 8.28. The first-order chi connectivity index (χ1) is 8.31. The Kier molecular flexibility index (Phi) is 15.0. The van der Waals surface area contributed by atoms with E-state index in [-0.39, 0.29) is 16.1 Å². The molecule has 0 aliphatic heterocycles. The predicted octanol–water partition coefficient (Wildman–Crippen LogP) is 3.98. The molecule has 17 heavy (non-hydrogen) atoms. The molecule has 0 rings (SSSR count). The standard InChI is InChI=1S/C14H30OS2/c1-2-3-4-5-6-7-8-9-10-11-13-17(16)14-12-15/h15H,2-14H2,1H3. The number of aliphatic hydroxyl groups is 1. The van der Waals surface area contributed by atoms with E-state index in [1.165, 1.54) is 64.2 Å². The lowest BCUT2D eigenvalue weighted by Gasteiger charge is -2.04. The molecule has 0 bridgehead atoms. The Hall–Kier alpha value is 0.530. The van der Waals surface area contributed by atoms with E-state index in [1.54, 1.807) is 0 Å². The maximum absolute atomic E-state index is 8.74. The van der Waals surface area contributed by atoms with E-state index in [0.717, 1.165) is 11.5 Å². The highest BCUT2D eigenvalue weighted by Crippen LogP contribution is 2.10. The van der Waals surface area contributed by atoms with Gasteiger partial charge in [-0.3, -0.25) is 0 Å². The second-order valence-corrected chi connectivity index (χ2v) is 7.86. The van der Waals surface area contributed by atoms with Crippen LogP contribution in [0, 0.1) is 0 Å². The SMILES string of the molecule is CCCCCCCCCCCCS(=S)CCO. The van der Waals surface area contributed by atoms with Crippen LogP contribution in [0.15, 0.2) is 0 Å². The Morgan fingerprint density at radius 3 is 1.71 bits per heavy atom. The molecule has 0 saturated heterocycles. The molecule has 104 valence electrons. The molecule has 0 aliphatic carbocycles. The lowest BCUT2D eigenvalue weighted by atomic mass is 10.1. The van der Waals surface area contributed by atoms with Crippen molar-refractivity contribution < 1.29 is 5.11 Å². The fourth-order valence-electron chi connectivity index (χ4n) is 1.95.